The van der Waals surface area contributed by atoms with Gasteiger partial charge >= 0.3 is 0 Å². The molecule has 1 fully saturated rings. The summed E-state index contributed by atoms with van der Waals surface area (Å²) in [6.45, 7) is 2.95. The lowest BCUT2D eigenvalue weighted by molar-refractivity contribution is 0.366. The third-order valence-corrected chi connectivity index (χ3v) is 4.19. The molecule has 0 aliphatic heterocycles. The molecular formula is C15H20ClF2N. The van der Waals surface area contributed by atoms with Crippen molar-refractivity contribution in [3.63, 3.8) is 0 Å². The maximum atomic E-state index is 13.5. The van der Waals surface area contributed by atoms with E-state index < -0.39 is 11.6 Å². The van der Waals surface area contributed by atoms with Crippen molar-refractivity contribution in [2.24, 2.45) is 5.92 Å². The van der Waals surface area contributed by atoms with E-state index >= 15 is 0 Å². The molecule has 1 nitrogen and oxygen atoms in total. The SMILES string of the molecule is CCCNC(c1cc(F)c(F)cc1Cl)C1CCCC1. The highest BCUT2D eigenvalue weighted by Gasteiger charge is 2.28. The Morgan fingerprint density at radius 2 is 1.89 bits per heavy atom. The van der Waals surface area contributed by atoms with Crippen LogP contribution in [0, 0.1) is 17.6 Å². The van der Waals surface area contributed by atoms with Gasteiger partial charge in [-0.25, -0.2) is 8.78 Å². The molecule has 0 radical (unpaired) electrons. The Kier molecular flexibility index (Phi) is 5.17. The summed E-state index contributed by atoms with van der Waals surface area (Å²) < 4.78 is 26.6. The fraction of sp³-hybridized carbons (Fsp3) is 0.600. The minimum Gasteiger partial charge on any atom is -0.310 e. The zero-order valence-corrected chi connectivity index (χ0v) is 11.9. The first kappa shape index (κ1) is 14.7. The van der Waals surface area contributed by atoms with Gasteiger partial charge in [0.1, 0.15) is 0 Å². The average molecular weight is 288 g/mol. The number of halogens is 3. The molecule has 106 valence electrons. The standard InChI is InChI=1S/C15H20ClF2N/c1-2-7-19-15(10-5-3-4-6-10)11-8-13(17)14(18)9-12(11)16/h8-10,15,19H,2-7H2,1H3. The summed E-state index contributed by atoms with van der Waals surface area (Å²) in [6.07, 6.45) is 5.66. The number of hydrogen-bond donors (Lipinski definition) is 1. The molecule has 0 saturated heterocycles. The van der Waals surface area contributed by atoms with Crippen molar-refractivity contribution < 1.29 is 8.78 Å². The summed E-state index contributed by atoms with van der Waals surface area (Å²) in [5.74, 6) is -1.23. The molecular weight excluding hydrogens is 268 g/mol. The molecule has 0 heterocycles. The van der Waals surface area contributed by atoms with E-state index in [2.05, 4.69) is 12.2 Å². The molecule has 19 heavy (non-hydrogen) atoms. The molecule has 4 heteroatoms. The first-order valence-electron chi connectivity index (χ1n) is 7.01. The van der Waals surface area contributed by atoms with Gasteiger partial charge in [-0.05, 0) is 49.4 Å². The molecule has 1 aliphatic carbocycles. The molecule has 0 spiro atoms. The molecule has 1 atom stereocenters. The summed E-state index contributed by atoms with van der Waals surface area (Å²) in [5.41, 5.74) is 0.695. The highest BCUT2D eigenvalue weighted by molar-refractivity contribution is 6.31. The van der Waals surface area contributed by atoms with E-state index in [9.17, 15) is 8.78 Å². The predicted octanol–water partition coefficient (Wildman–Crippen LogP) is 4.85. The molecule has 1 N–H and O–H groups in total. The van der Waals surface area contributed by atoms with Crippen molar-refractivity contribution in [2.45, 2.75) is 45.1 Å². The van der Waals surface area contributed by atoms with Gasteiger partial charge in [0.2, 0.25) is 0 Å². The second kappa shape index (κ2) is 6.67. The molecule has 2 rings (SSSR count). The maximum Gasteiger partial charge on any atom is 0.160 e. The van der Waals surface area contributed by atoms with Gasteiger partial charge in [-0.15, -0.1) is 0 Å². The van der Waals surface area contributed by atoms with Gasteiger partial charge in [-0.1, -0.05) is 31.4 Å². The van der Waals surface area contributed by atoms with Gasteiger partial charge in [0.05, 0.1) is 0 Å². The second-order valence-electron chi connectivity index (χ2n) is 5.26. The van der Waals surface area contributed by atoms with Crippen LogP contribution in [0.15, 0.2) is 12.1 Å². The van der Waals surface area contributed by atoms with Crippen LogP contribution in [0.5, 0.6) is 0 Å². The van der Waals surface area contributed by atoms with E-state index in [1.54, 1.807) is 0 Å². The van der Waals surface area contributed by atoms with Crippen molar-refractivity contribution in [3.8, 4) is 0 Å². The minimum atomic E-state index is -0.880. The summed E-state index contributed by atoms with van der Waals surface area (Å²) in [4.78, 5) is 0. The van der Waals surface area contributed by atoms with E-state index in [1.165, 1.54) is 18.9 Å². The molecule has 0 amide bonds. The smallest absolute Gasteiger partial charge is 0.160 e. The summed E-state index contributed by atoms with van der Waals surface area (Å²) >= 11 is 6.11. The first-order valence-corrected chi connectivity index (χ1v) is 7.39. The van der Waals surface area contributed by atoms with E-state index in [1.807, 2.05) is 0 Å². The van der Waals surface area contributed by atoms with E-state index in [4.69, 9.17) is 11.6 Å². The van der Waals surface area contributed by atoms with Crippen LogP contribution in [0.3, 0.4) is 0 Å². The van der Waals surface area contributed by atoms with Crippen LogP contribution in [-0.4, -0.2) is 6.54 Å². The van der Waals surface area contributed by atoms with Crippen molar-refractivity contribution >= 4 is 11.6 Å². The van der Waals surface area contributed by atoms with Crippen LogP contribution in [-0.2, 0) is 0 Å². The lowest BCUT2D eigenvalue weighted by Crippen LogP contribution is -2.28. The van der Waals surface area contributed by atoms with Crippen molar-refractivity contribution in [1.82, 2.24) is 5.32 Å². The maximum absolute atomic E-state index is 13.5. The Labute approximate surface area is 118 Å². The number of rotatable bonds is 5. The highest BCUT2D eigenvalue weighted by Crippen LogP contribution is 2.38. The monoisotopic (exact) mass is 287 g/mol. The van der Waals surface area contributed by atoms with Crippen molar-refractivity contribution in [3.05, 3.63) is 34.4 Å². The van der Waals surface area contributed by atoms with Crippen LogP contribution in [0.1, 0.15) is 50.6 Å². The largest absolute Gasteiger partial charge is 0.310 e. The third kappa shape index (κ3) is 3.46. The van der Waals surface area contributed by atoms with Crippen LogP contribution < -0.4 is 5.32 Å². The summed E-state index contributed by atoms with van der Waals surface area (Å²) in [5, 5.41) is 3.76. The van der Waals surface area contributed by atoms with Gasteiger partial charge in [0.25, 0.3) is 0 Å². The number of benzene rings is 1. The fourth-order valence-corrected chi connectivity index (χ4v) is 3.17. The molecule has 1 aromatic rings. The Hall–Kier alpha value is -0.670. The topological polar surface area (TPSA) is 12.0 Å². The molecule has 0 aromatic heterocycles. The Bertz CT molecular complexity index is 430. The van der Waals surface area contributed by atoms with Gasteiger partial charge < -0.3 is 5.32 Å². The first-order chi connectivity index (χ1) is 9.13. The van der Waals surface area contributed by atoms with E-state index in [0.717, 1.165) is 31.9 Å². The third-order valence-electron chi connectivity index (χ3n) is 3.86. The summed E-state index contributed by atoms with van der Waals surface area (Å²) in [6, 6.07) is 2.37. The van der Waals surface area contributed by atoms with Gasteiger partial charge in [-0.2, -0.15) is 0 Å². The van der Waals surface area contributed by atoms with Crippen molar-refractivity contribution in [2.75, 3.05) is 6.54 Å². The number of nitrogens with one attached hydrogen (secondary N) is 1. The Morgan fingerprint density at radius 1 is 1.26 bits per heavy atom. The van der Waals surface area contributed by atoms with Crippen LogP contribution in [0.4, 0.5) is 8.78 Å². The van der Waals surface area contributed by atoms with E-state index in [0.29, 0.717) is 16.5 Å². The zero-order chi connectivity index (χ0) is 13.8. The lowest BCUT2D eigenvalue weighted by Gasteiger charge is -2.26. The van der Waals surface area contributed by atoms with Gasteiger partial charge in [0.15, 0.2) is 11.6 Å². The zero-order valence-electron chi connectivity index (χ0n) is 11.2. The molecule has 1 unspecified atom stereocenters. The van der Waals surface area contributed by atoms with Crippen LogP contribution in [0.2, 0.25) is 5.02 Å². The van der Waals surface area contributed by atoms with Crippen LogP contribution in [0.25, 0.3) is 0 Å². The quantitative estimate of drug-likeness (QED) is 0.764. The second-order valence-corrected chi connectivity index (χ2v) is 5.67. The average Bonchev–Trinajstić information content (AvgIpc) is 2.89. The molecule has 1 aliphatic rings. The Morgan fingerprint density at radius 3 is 2.53 bits per heavy atom. The fourth-order valence-electron chi connectivity index (χ4n) is 2.90. The molecule has 1 aromatic carbocycles. The minimum absolute atomic E-state index is 0.0325. The lowest BCUT2D eigenvalue weighted by atomic mass is 9.91. The van der Waals surface area contributed by atoms with Crippen LogP contribution >= 0.6 is 11.6 Å². The number of hydrogen-bond acceptors (Lipinski definition) is 1. The normalized spacial score (nSPS) is 17.9. The van der Waals surface area contributed by atoms with E-state index in [-0.39, 0.29) is 6.04 Å². The van der Waals surface area contributed by atoms with Gasteiger partial charge in [0, 0.05) is 11.1 Å². The summed E-state index contributed by atoms with van der Waals surface area (Å²) in [7, 11) is 0. The molecule has 1 saturated carbocycles. The predicted molar refractivity (Wildman–Crippen MR) is 74.4 cm³/mol. The van der Waals surface area contributed by atoms with Gasteiger partial charge in [-0.3, -0.25) is 0 Å². The Balaban J connectivity index is 2.28. The highest BCUT2D eigenvalue weighted by atomic mass is 35.5. The molecule has 0 bridgehead atoms. The van der Waals surface area contributed by atoms with Crippen molar-refractivity contribution in [1.29, 1.82) is 0 Å².